The Hall–Kier alpha value is -3.73. The van der Waals surface area contributed by atoms with Crippen molar-refractivity contribution in [2.75, 3.05) is 4.90 Å². The minimum Gasteiger partial charge on any atom is -0.457 e. The molecule has 2 amide bonds. The normalized spacial score (nSPS) is 12.8. The fourth-order valence-corrected chi connectivity index (χ4v) is 3.05. The van der Waals surface area contributed by atoms with Gasteiger partial charge in [0.05, 0.1) is 22.4 Å². The minimum atomic E-state index is -0.592. The van der Waals surface area contributed by atoms with Gasteiger partial charge in [-0.1, -0.05) is 54.6 Å². The Kier molecular flexibility index (Phi) is 4.26. The first kappa shape index (κ1) is 16.7. The lowest BCUT2D eigenvalue weighted by Gasteiger charge is -2.17. The molecule has 5 heteroatoms. The maximum absolute atomic E-state index is 12.7. The molecule has 0 aliphatic carbocycles. The Bertz CT molecular complexity index is 1010. The number of amides is 2. The molecule has 27 heavy (non-hydrogen) atoms. The first-order chi connectivity index (χ1) is 13.2. The molecule has 0 atom stereocenters. The standard InChI is InChI=1S/C22H15NO4/c24-20-16-10-4-5-11-17(16)21(25)23(20)19-13-7-6-12-18(19)22(26)27-14-15-8-2-1-3-9-15/h1-13H,14H2. The van der Waals surface area contributed by atoms with Gasteiger partial charge in [-0.2, -0.15) is 0 Å². The van der Waals surface area contributed by atoms with Crippen LogP contribution in [-0.2, 0) is 11.3 Å². The van der Waals surface area contributed by atoms with Crippen LogP contribution in [0.1, 0.15) is 36.6 Å². The molecular weight excluding hydrogens is 342 g/mol. The number of carbonyl (C=O) groups excluding carboxylic acids is 3. The molecule has 1 aliphatic heterocycles. The van der Waals surface area contributed by atoms with Gasteiger partial charge in [0.2, 0.25) is 0 Å². The number of nitrogens with zero attached hydrogens (tertiary/aromatic N) is 1. The van der Waals surface area contributed by atoms with Crippen LogP contribution in [0.5, 0.6) is 0 Å². The molecule has 0 saturated heterocycles. The summed E-state index contributed by atoms with van der Waals surface area (Å²) in [6.45, 7) is 0.107. The van der Waals surface area contributed by atoms with E-state index < -0.39 is 17.8 Å². The minimum absolute atomic E-state index is 0.107. The fourth-order valence-electron chi connectivity index (χ4n) is 3.05. The summed E-state index contributed by atoms with van der Waals surface area (Å²) in [5.74, 6) is -1.48. The molecule has 0 unspecified atom stereocenters. The first-order valence-electron chi connectivity index (χ1n) is 8.44. The summed E-state index contributed by atoms with van der Waals surface area (Å²) in [7, 11) is 0. The monoisotopic (exact) mass is 357 g/mol. The summed E-state index contributed by atoms with van der Waals surface area (Å²) >= 11 is 0. The van der Waals surface area contributed by atoms with E-state index in [-0.39, 0.29) is 17.9 Å². The van der Waals surface area contributed by atoms with Crippen LogP contribution in [0, 0.1) is 0 Å². The largest absolute Gasteiger partial charge is 0.457 e. The van der Waals surface area contributed by atoms with Crippen molar-refractivity contribution in [1.82, 2.24) is 0 Å². The molecule has 132 valence electrons. The van der Waals surface area contributed by atoms with Crippen LogP contribution >= 0.6 is 0 Å². The molecule has 4 rings (SSSR count). The van der Waals surface area contributed by atoms with E-state index in [0.717, 1.165) is 10.5 Å². The first-order valence-corrected chi connectivity index (χ1v) is 8.44. The number of ether oxygens (including phenoxy) is 1. The molecule has 5 nitrogen and oxygen atoms in total. The van der Waals surface area contributed by atoms with E-state index in [0.29, 0.717) is 11.1 Å². The van der Waals surface area contributed by atoms with Crippen molar-refractivity contribution in [2.45, 2.75) is 6.61 Å². The number of rotatable bonds is 4. The van der Waals surface area contributed by atoms with E-state index in [4.69, 9.17) is 4.74 Å². The average molecular weight is 357 g/mol. The van der Waals surface area contributed by atoms with E-state index in [1.807, 2.05) is 30.3 Å². The topological polar surface area (TPSA) is 63.7 Å². The van der Waals surface area contributed by atoms with Crippen molar-refractivity contribution in [1.29, 1.82) is 0 Å². The third kappa shape index (κ3) is 3.00. The van der Waals surface area contributed by atoms with Crippen molar-refractivity contribution >= 4 is 23.5 Å². The zero-order valence-electron chi connectivity index (χ0n) is 14.3. The second-order valence-corrected chi connectivity index (χ2v) is 6.07. The van der Waals surface area contributed by atoms with Gasteiger partial charge >= 0.3 is 5.97 Å². The van der Waals surface area contributed by atoms with Gasteiger partial charge < -0.3 is 4.74 Å². The summed E-state index contributed by atoms with van der Waals surface area (Å²) in [4.78, 5) is 39.1. The van der Waals surface area contributed by atoms with Gasteiger partial charge in [-0.15, -0.1) is 0 Å². The van der Waals surface area contributed by atoms with E-state index in [9.17, 15) is 14.4 Å². The number of para-hydroxylation sites is 1. The highest BCUT2D eigenvalue weighted by Gasteiger charge is 2.38. The van der Waals surface area contributed by atoms with Crippen molar-refractivity contribution < 1.29 is 19.1 Å². The van der Waals surface area contributed by atoms with E-state index in [2.05, 4.69) is 0 Å². The van der Waals surface area contributed by atoms with Crippen LogP contribution in [0.4, 0.5) is 5.69 Å². The molecule has 0 N–H and O–H groups in total. The Morgan fingerprint density at radius 1 is 0.741 bits per heavy atom. The highest BCUT2D eigenvalue weighted by Crippen LogP contribution is 2.31. The Labute approximate surface area is 155 Å². The van der Waals surface area contributed by atoms with Gasteiger partial charge in [-0.05, 0) is 29.8 Å². The van der Waals surface area contributed by atoms with Gasteiger partial charge in [0.1, 0.15) is 6.61 Å². The summed E-state index contributed by atoms with van der Waals surface area (Å²) in [5, 5.41) is 0. The Morgan fingerprint density at radius 3 is 1.96 bits per heavy atom. The van der Waals surface area contributed by atoms with Crippen LogP contribution in [-0.4, -0.2) is 17.8 Å². The molecular formula is C22H15NO4. The molecule has 0 bridgehead atoms. The van der Waals surface area contributed by atoms with Gasteiger partial charge in [0.15, 0.2) is 0 Å². The second kappa shape index (κ2) is 6.88. The molecule has 0 spiro atoms. The van der Waals surface area contributed by atoms with Gasteiger partial charge in [-0.25, -0.2) is 9.69 Å². The number of benzene rings is 3. The third-order valence-electron chi connectivity index (χ3n) is 4.37. The molecule has 1 heterocycles. The molecule has 3 aromatic rings. The lowest BCUT2D eigenvalue weighted by atomic mass is 10.1. The Morgan fingerprint density at radius 2 is 1.30 bits per heavy atom. The zero-order chi connectivity index (χ0) is 18.8. The van der Waals surface area contributed by atoms with Crippen LogP contribution in [0.15, 0.2) is 78.9 Å². The molecule has 0 radical (unpaired) electrons. The van der Waals surface area contributed by atoms with Crippen molar-refractivity contribution in [2.24, 2.45) is 0 Å². The van der Waals surface area contributed by atoms with Gasteiger partial charge in [0, 0.05) is 0 Å². The summed E-state index contributed by atoms with van der Waals surface area (Å²) < 4.78 is 5.37. The van der Waals surface area contributed by atoms with E-state index in [1.54, 1.807) is 48.5 Å². The van der Waals surface area contributed by atoms with Crippen LogP contribution < -0.4 is 4.90 Å². The van der Waals surface area contributed by atoms with Gasteiger partial charge in [-0.3, -0.25) is 9.59 Å². The number of imide groups is 1. The van der Waals surface area contributed by atoms with E-state index in [1.165, 1.54) is 0 Å². The number of esters is 1. The van der Waals surface area contributed by atoms with Crippen molar-refractivity contribution in [3.05, 3.63) is 101 Å². The lowest BCUT2D eigenvalue weighted by molar-refractivity contribution is 0.0474. The quantitative estimate of drug-likeness (QED) is 0.526. The number of carbonyl (C=O) groups is 3. The lowest BCUT2D eigenvalue weighted by Crippen LogP contribution is -2.31. The maximum Gasteiger partial charge on any atom is 0.340 e. The summed E-state index contributed by atoms with van der Waals surface area (Å²) in [6, 6.07) is 22.4. The molecule has 1 aliphatic rings. The fraction of sp³-hybridized carbons (Fsp3) is 0.0455. The number of hydrogen-bond donors (Lipinski definition) is 0. The summed E-state index contributed by atoms with van der Waals surface area (Å²) in [5.41, 5.74) is 1.90. The second-order valence-electron chi connectivity index (χ2n) is 6.07. The highest BCUT2D eigenvalue weighted by atomic mass is 16.5. The molecule has 3 aromatic carbocycles. The Balaban J connectivity index is 1.63. The number of hydrogen-bond acceptors (Lipinski definition) is 4. The highest BCUT2D eigenvalue weighted by molar-refractivity contribution is 6.35. The molecule has 0 fully saturated rings. The third-order valence-corrected chi connectivity index (χ3v) is 4.37. The van der Waals surface area contributed by atoms with Gasteiger partial charge in [0.25, 0.3) is 11.8 Å². The molecule has 0 aromatic heterocycles. The number of anilines is 1. The van der Waals surface area contributed by atoms with Crippen molar-refractivity contribution in [3.8, 4) is 0 Å². The maximum atomic E-state index is 12.7. The van der Waals surface area contributed by atoms with Crippen molar-refractivity contribution in [3.63, 3.8) is 0 Å². The SMILES string of the molecule is O=C(OCc1ccccc1)c1ccccc1N1C(=O)c2ccccc2C1=O. The van der Waals surface area contributed by atoms with Crippen LogP contribution in [0.25, 0.3) is 0 Å². The van der Waals surface area contributed by atoms with Crippen LogP contribution in [0.2, 0.25) is 0 Å². The zero-order valence-corrected chi connectivity index (χ0v) is 14.3. The smallest absolute Gasteiger partial charge is 0.340 e. The average Bonchev–Trinajstić information content (AvgIpc) is 2.97. The van der Waals surface area contributed by atoms with Crippen LogP contribution in [0.3, 0.4) is 0 Å². The number of fused-ring (bicyclic) bond motifs is 1. The molecule has 0 saturated carbocycles. The predicted octanol–water partition coefficient (Wildman–Crippen LogP) is 3.84. The van der Waals surface area contributed by atoms with E-state index >= 15 is 0 Å². The predicted molar refractivity (Wildman–Crippen MR) is 99.6 cm³/mol. The summed E-state index contributed by atoms with van der Waals surface area (Å²) in [6.07, 6.45) is 0.